The summed E-state index contributed by atoms with van der Waals surface area (Å²) in [5.41, 5.74) is 7.46. The minimum atomic E-state index is -0.182. The van der Waals surface area contributed by atoms with E-state index in [1.165, 1.54) is 44.1 Å². The van der Waals surface area contributed by atoms with E-state index in [4.69, 9.17) is 5.73 Å². The fourth-order valence-electron chi connectivity index (χ4n) is 3.34. The van der Waals surface area contributed by atoms with Crippen molar-refractivity contribution in [3.8, 4) is 0 Å². The lowest BCUT2D eigenvalue weighted by Crippen LogP contribution is -2.28. The first-order valence-electron chi connectivity index (χ1n) is 7.29. The number of halogens is 2. The van der Waals surface area contributed by atoms with Crippen molar-refractivity contribution in [3.05, 3.63) is 34.1 Å². The van der Waals surface area contributed by atoms with Gasteiger partial charge in [-0.2, -0.15) is 0 Å². The Morgan fingerprint density at radius 2 is 1.89 bits per heavy atom. The first kappa shape index (κ1) is 15.0. The zero-order valence-corrected chi connectivity index (χ0v) is 13.0. The summed E-state index contributed by atoms with van der Waals surface area (Å²) < 4.78 is 13.8. The number of aryl methyl sites for hydroxylation is 1. The fourth-order valence-corrected chi connectivity index (χ4v) is 3.76. The molecule has 3 heteroatoms. The van der Waals surface area contributed by atoms with Gasteiger partial charge >= 0.3 is 0 Å². The summed E-state index contributed by atoms with van der Waals surface area (Å²) in [7, 11) is 0. The smallest absolute Gasteiger partial charge is 0.137 e. The predicted octanol–water partition coefficient (Wildman–Crippen LogP) is 4.82. The van der Waals surface area contributed by atoms with Crippen molar-refractivity contribution in [2.75, 3.05) is 6.54 Å². The molecule has 0 unspecified atom stereocenters. The Bertz CT molecular complexity index is 408. The molecule has 0 amide bonds. The molecule has 0 heterocycles. The molecule has 0 radical (unpaired) electrons. The van der Waals surface area contributed by atoms with Crippen molar-refractivity contribution in [2.45, 2.75) is 51.4 Å². The number of hydrogen-bond acceptors (Lipinski definition) is 1. The minimum Gasteiger partial charge on any atom is -0.330 e. The standard InChI is InChI=1S/C16H23BrFN/c17-14-12-13(4-5-15(14)18)6-9-16(10-11-19)7-2-1-3-8-16/h4-5,12H,1-3,6-11,19H2. The highest BCUT2D eigenvalue weighted by molar-refractivity contribution is 9.10. The number of benzene rings is 1. The summed E-state index contributed by atoms with van der Waals surface area (Å²) in [6.45, 7) is 0.785. The van der Waals surface area contributed by atoms with Crippen LogP contribution in [-0.2, 0) is 6.42 Å². The second kappa shape index (κ2) is 6.85. The van der Waals surface area contributed by atoms with E-state index >= 15 is 0 Å². The number of rotatable bonds is 5. The molecule has 1 fully saturated rings. The van der Waals surface area contributed by atoms with Crippen LogP contribution in [0.1, 0.15) is 50.5 Å². The van der Waals surface area contributed by atoms with E-state index in [0.717, 1.165) is 19.4 Å². The molecule has 2 N–H and O–H groups in total. The van der Waals surface area contributed by atoms with Gasteiger partial charge in [-0.25, -0.2) is 4.39 Å². The van der Waals surface area contributed by atoms with Gasteiger partial charge in [0.25, 0.3) is 0 Å². The van der Waals surface area contributed by atoms with Crippen LogP contribution in [0.4, 0.5) is 4.39 Å². The molecule has 0 spiro atoms. The summed E-state index contributed by atoms with van der Waals surface area (Å²) in [5, 5.41) is 0. The summed E-state index contributed by atoms with van der Waals surface area (Å²) in [6.07, 6.45) is 10.0. The molecular weight excluding hydrogens is 305 g/mol. The van der Waals surface area contributed by atoms with E-state index in [1.54, 1.807) is 6.07 Å². The highest BCUT2D eigenvalue weighted by Gasteiger charge is 2.30. The molecule has 0 saturated heterocycles. The summed E-state index contributed by atoms with van der Waals surface area (Å²) in [4.78, 5) is 0. The van der Waals surface area contributed by atoms with Crippen LogP contribution >= 0.6 is 15.9 Å². The van der Waals surface area contributed by atoms with Crippen LogP contribution in [0.5, 0.6) is 0 Å². The van der Waals surface area contributed by atoms with Crippen molar-refractivity contribution in [3.63, 3.8) is 0 Å². The molecule has 2 rings (SSSR count). The summed E-state index contributed by atoms with van der Waals surface area (Å²) in [6, 6.07) is 5.36. The van der Waals surface area contributed by atoms with Crippen molar-refractivity contribution in [1.82, 2.24) is 0 Å². The number of hydrogen-bond donors (Lipinski definition) is 1. The lowest BCUT2D eigenvalue weighted by Gasteiger charge is -2.37. The average molecular weight is 328 g/mol. The monoisotopic (exact) mass is 327 g/mol. The van der Waals surface area contributed by atoms with Crippen molar-refractivity contribution in [1.29, 1.82) is 0 Å². The quantitative estimate of drug-likeness (QED) is 0.824. The molecule has 19 heavy (non-hydrogen) atoms. The lowest BCUT2D eigenvalue weighted by molar-refractivity contribution is 0.161. The van der Waals surface area contributed by atoms with Crippen molar-refractivity contribution >= 4 is 15.9 Å². The molecule has 1 aromatic rings. The molecular formula is C16H23BrFN. The van der Waals surface area contributed by atoms with Gasteiger partial charge in [0.2, 0.25) is 0 Å². The normalized spacial score (nSPS) is 18.5. The van der Waals surface area contributed by atoms with E-state index in [9.17, 15) is 4.39 Å². The Hall–Kier alpha value is -0.410. The largest absolute Gasteiger partial charge is 0.330 e. The van der Waals surface area contributed by atoms with Crippen LogP contribution in [0.15, 0.2) is 22.7 Å². The molecule has 0 aliphatic heterocycles. The molecule has 0 atom stereocenters. The fraction of sp³-hybridized carbons (Fsp3) is 0.625. The van der Waals surface area contributed by atoms with Gasteiger partial charge in [0.05, 0.1) is 4.47 Å². The van der Waals surface area contributed by atoms with E-state index in [2.05, 4.69) is 15.9 Å². The third-order valence-electron chi connectivity index (χ3n) is 4.52. The SMILES string of the molecule is NCCC1(CCc2ccc(F)c(Br)c2)CCCCC1. The van der Waals surface area contributed by atoms with Crippen molar-refractivity contribution in [2.24, 2.45) is 11.1 Å². The maximum absolute atomic E-state index is 13.2. The van der Waals surface area contributed by atoms with Gasteiger partial charge in [-0.05, 0) is 77.7 Å². The number of nitrogens with two attached hydrogens (primary N) is 1. The van der Waals surface area contributed by atoms with Crippen molar-refractivity contribution < 1.29 is 4.39 Å². The van der Waals surface area contributed by atoms with Crippen LogP contribution in [0.3, 0.4) is 0 Å². The Kier molecular flexibility index (Phi) is 5.40. The zero-order valence-electron chi connectivity index (χ0n) is 11.4. The van der Waals surface area contributed by atoms with Crippen LogP contribution in [0.25, 0.3) is 0 Å². The molecule has 0 bridgehead atoms. The topological polar surface area (TPSA) is 26.0 Å². The van der Waals surface area contributed by atoms with Crippen LogP contribution in [0, 0.1) is 11.2 Å². The van der Waals surface area contributed by atoms with E-state index in [0.29, 0.717) is 9.89 Å². The Balaban J connectivity index is 1.99. The van der Waals surface area contributed by atoms with Gasteiger partial charge in [-0.1, -0.05) is 25.3 Å². The third kappa shape index (κ3) is 4.03. The maximum atomic E-state index is 13.2. The van der Waals surface area contributed by atoms with E-state index in [-0.39, 0.29) is 5.82 Å². The van der Waals surface area contributed by atoms with Gasteiger partial charge in [-0.3, -0.25) is 0 Å². The second-order valence-corrected chi connectivity index (χ2v) is 6.70. The molecule has 1 aliphatic carbocycles. The lowest BCUT2D eigenvalue weighted by atomic mass is 9.68. The summed E-state index contributed by atoms with van der Waals surface area (Å²) >= 11 is 3.26. The molecule has 1 nitrogen and oxygen atoms in total. The first-order chi connectivity index (χ1) is 9.15. The zero-order chi connectivity index (χ0) is 13.7. The van der Waals surface area contributed by atoms with Crippen LogP contribution < -0.4 is 5.73 Å². The molecule has 1 aliphatic rings. The highest BCUT2D eigenvalue weighted by Crippen LogP contribution is 2.42. The van der Waals surface area contributed by atoms with E-state index in [1.807, 2.05) is 12.1 Å². The summed E-state index contributed by atoms with van der Waals surface area (Å²) in [5.74, 6) is -0.182. The highest BCUT2D eigenvalue weighted by atomic mass is 79.9. The predicted molar refractivity (Wildman–Crippen MR) is 81.6 cm³/mol. The molecule has 1 saturated carbocycles. The minimum absolute atomic E-state index is 0.182. The molecule has 106 valence electrons. The van der Waals surface area contributed by atoms with Gasteiger partial charge < -0.3 is 5.73 Å². The molecule has 0 aromatic heterocycles. The van der Waals surface area contributed by atoms with Crippen LogP contribution in [-0.4, -0.2) is 6.54 Å². The Morgan fingerprint density at radius 3 is 2.53 bits per heavy atom. The Morgan fingerprint density at radius 1 is 1.16 bits per heavy atom. The first-order valence-corrected chi connectivity index (χ1v) is 8.09. The average Bonchev–Trinajstić information content (AvgIpc) is 2.42. The van der Waals surface area contributed by atoms with Gasteiger partial charge in [0.15, 0.2) is 0 Å². The second-order valence-electron chi connectivity index (χ2n) is 5.85. The van der Waals surface area contributed by atoms with Gasteiger partial charge in [-0.15, -0.1) is 0 Å². The molecule has 1 aromatic carbocycles. The van der Waals surface area contributed by atoms with Gasteiger partial charge in [0.1, 0.15) is 5.82 Å². The van der Waals surface area contributed by atoms with E-state index < -0.39 is 0 Å². The van der Waals surface area contributed by atoms with Gasteiger partial charge in [0, 0.05) is 0 Å². The van der Waals surface area contributed by atoms with Crippen LogP contribution in [0.2, 0.25) is 0 Å². The maximum Gasteiger partial charge on any atom is 0.137 e. The Labute approximate surface area is 123 Å². The third-order valence-corrected chi connectivity index (χ3v) is 5.12.